The molecule has 0 aliphatic carbocycles. The van der Waals surface area contributed by atoms with Crippen LogP contribution in [-0.2, 0) is 25.4 Å². The number of carboxylic acid groups (broad SMARTS) is 1. The number of carboxylic acids is 1. The molecule has 0 spiro atoms. The summed E-state index contributed by atoms with van der Waals surface area (Å²) >= 11 is 0. The number of rotatable bonds is 8. The van der Waals surface area contributed by atoms with Crippen molar-refractivity contribution in [1.29, 1.82) is 0 Å². The molecule has 0 aliphatic rings. The molecule has 5 nitrogen and oxygen atoms in total. The van der Waals surface area contributed by atoms with Gasteiger partial charge in [-0.1, -0.05) is 13.8 Å². The van der Waals surface area contributed by atoms with Crippen molar-refractivity contribution >= 4 is 26.6 Å². The van der Waals surface area contributed by atoms with Gasteiger partial charge in [0.15, 0.2) is 0 Å². The van der Waals surface area contributed by atoms with Gasteiger partial charge in [0, 0.05) is 22.3 Å². The molecule has 96 valence electrons. The molecule has 0 aliphatic heterocycles. The molecule has 0 aromatic heterocycles. The number of sulfone groups is 1. The molecule has 0 rings (SSSR count). The molecule has 0 aromatic rings. The average Bonchev–Trinajstić information content (AvgIpc) is 2.18. The van der Waals surface area contributed by atoms with E-state index in [1.807, 2.05) is 0 Å². The summed E-state index contributed by atoms with van der Waals surface area (Å²) in [5.41, 5.74) is 0. The van der Waals surface area contributed by atoms with Crippen LogP contribution in [0.15, 0.2) is 0 Å². The Balaban J connectivity index is 4.13. The van der Waals surface area contributed by atoms with E-state index in [0.29, 0.717) is 6.42 Å². The van der Waals surface area contributed by atoms with Gasteiger partial charge in [0.25, 0.3) is 0 Å². The maximum Gasteiger partial charge on any atom is 0.319 e. The van der Waals surface area contributed by atoms with Crippen molar-refractivity contribution in [3.8, 4) is 0 Å². The molecule has 7 heteroatoms. The highest BCUT2D eigenvalue weighted by atomic mass is 32.2. The molecule has 0 aromatic carbocycles. The summed E-state index contributed by atoms with van der Waals surface area (Å²) in [6, 6.07) is 0. The lowest BCUT2D eigenvalue weighted by molar-refractivity contribution is -0.136. The molecular weight excluding hydrogens is 252 g/mol. The van der Waals surface area contributed by atoms with Gasteiger partial charge in [0.2, 0.25) is 0 Å². The highest BCUT2D eigenvalue weighted by molar-refractivity contribution is 7.91. The van der Waals surface area contributed by atoms with Crippen molar-refractivity contribution in [2.24, 2.45) is 0 Å². The fraction of sp³-hybridized carbons (Fsp3) is 0.889. The second-order valence-electron chi connectivity index (χ2n) is 3.41. The Morgan fingerprint density at radius 3 is 2.31 bits per heavy atom. The normalized spacial score (nSPS) is 15.6. The molecule has 1 N–H and O–H groups in total. The minimum Gasteiger partial charge on any atom is -0.480 e. The SMILES string of the molecule is CCC(C(=O)O)S(=O)CCCS(=O)(=O)CC. The van der Waals surface area contributed by atoms with Crippen molar-refractivity contribution in [3.05, 3.63) is 0 Å². The van der Waals surface area contributed by atoms with E-state index in [2.05, 4.69) is 0 Å². The van der Waals surface area contributed by atoms with Crippen LogP contribution in [0.1, 0.15) is 26.7 Å². The van der Waals surface area contributed by atoms with E-state index in [9.17, 15) is 17.4 Å². The molecule has 2 atom stereocenters. The molecule has 16 heavy (non-hydrogen) atoms. The van der Waals surface area contributed by atoms with E-state index < -0.39 is 31.9 Å². The first-order valence-corrected chi connectivity index (χ1v) is 8.34. The Morgan fingerprint density at radius 1 is 1.38 bits per heavy atom. The van der Waals surface area contributed by atoms with E-state index in [1.54, 1.807) is 13.8 Å². The third-order valence-electron chi connectivity index (χ3n) is 2.20. The smallest absolute Gasteiger partial charge is 0.319 e. The van der Waals surface area contributed by atoms with E-state index in [0.717, 1.165) is 0 Å². The van der Waals surface area contributed by atoms with Crippen LogP contribution in [0.2, 0.25) is 0 Å². The number of carbonyl (C=O) groups is 1. The summed E-state index contributed by atoms with van der Waals surface area (Å²) in [5, 5.41) is 7.85. The van der Waals surface area contributed by atoms with Crippen molar-refractivity contribution in [3.63, 3.8) is 0 Å². The Bertz CT molecular complexity index is 347. The van der Waals surface area contributed by atoms with Gasteiger partial charge < -0.3 is 5.11 Å². The fourth-order valence-corrected chi connectivity index (χ4v) is 3.55. The zero-order valence-electron chi connectivity index (χ0n) is 9.51. The van der Waals surface area contributed by atoms with Crippen molar-refractivity contribution in [2.75, 3.05) is 17.3 Å². The molecule has 0 heterocycles. The van der Waals surface area contributed by atoms with E-state index in [4.69, 9.17) is 5.11 Å². The summed E-state index contributed by atoms with van der Waals surface area (Å²) in [6.45, 7) is 3.21. The zero-order valence-corrected chi connectivity index (χ0v) is 11.1. The number of hydrogen-bond acceptors (Lipinski definition) is 4. The molecule has 0 bridgehead atoms. The summed E-state index contributed by atoms with van der Waals surface area (Å²) in [6.07, 6.45) is 0.551. The summed E-state index contributed by atoms with van der Waals surface area (Å²) in [7, 11) is -4.54. The summed E-state index contributed by atoms with van der Waals surface area (Å²) < 4.78 is 33.8. The highest BCUT2D eigenvalue weighted by Gasteiger charge is 2.22. The topological polar surface area (TPSA) is 88.5 Å². The molecule has 0 radical (unpaired) electrons. The van der Waals surface area contributed by atoms with E-state index >= 15 is 0 Å². The monoisotopic (exact) mass is 270 g/mol. The van der Waals surface area contributed by atoms with Crippen LogP contribution in [0.25, 0.3) is 0 Å². The third kappa shape index (κ3) is 5.60. The van der Waals surface area contributed by atoms with E-state index in [-0.39, 0.29) is 23.7 Å². The van der Waals surface area contributed by atoms with Crippen LogP contribution in [-0.4, -0.2) is 46.2 Å². The second-order valence-corrected chi connectivity index (χ2v) is 7.62. The first-order valence-electron chi connectivity index (χ1n) is 5.14. The van der Waals surface area contributed by atoms with Gasteiger partial charge in [0.1, 0.15) is 15.1 Å². The standard InChI is InChI=1S/C9H18O5S2/c1-3-8(9(10)11)15(12)6-5-7-16(13,14)4-2/h8H,3-7H2,1-2H3,(H,10,11). The maximum absolute atomic E-state index is 11.5. The van der Waals surface area contributed by atoms with Gasteiger partial charge in [-0.15, -0.1) is 0 Å². The molecule has 0 fully saturated rings. The van der Waals surface area contributed by atoms with Crippen molar-refractivity contribution < 1.29 is 22.5 Å². The number of aliphatic carboxylic acids is 1. The average molecular weight is 270 g/mol. The predicted molar refractivity (Wildman–Crippen MR) is 63.7 cm³/mol. The number of hydrogen-bond donors (Lipinski definition) is 1. The Labute approximate surface area is 98.6 Å². The largest absolute Gasteiger partial charge is 0.480 e. The lowest BCUT2D eigenvalue weighted by Gasteiger charge is -2.09. The lowest BCUT2D eigenvalue weighted by Crippen LogP contribution is -2.27. The highest BCUT2D eigenvalue weighted by Crippen LogP contribution is 2.05. The van der Waals surface area contributed by atoms with Gasteiger partial charge in [-0.05, 0) is 12.8 Å². The first-order chi connectivity index (χ1) is 7.34. The van der Waals surface area contributed by atoms with Crippen LogP contribution in [0.5, 0.6) is 0 Å². The minimum absolute atomic E-state index is 0.0225. The van der Waals surface area contributed by atoms with Gasteiger partial charge in [-0.2, -0.15) is 0 Å². The van der Waals surface area contributed by atoms with Crippen LogP contribution in [0.3, 0.4) is 0 Å². The predicted octanol–water partition coefficient (Wildman–Crippen LogP) is 0.423. The summed E-state index contributed by atoms with van der Waals surface area (Å²) in [4.78, 5) is 10.7. The van der Waals surface area contributed by atoms with Gasteiger partial charge in [-0.3, -0.25) is 9.00 Å². The Morgan fingerprint density at radius 2 is 1.94 bits per heavy atom. The first kappa shape index (κ1) is 15.6. The van der Waals surface area contributed by atoms with Crippen LogP contribution < -0.4 is 0 Å². The molecule has 0 saturated carbocycles. The molecular formula is C9H18O5S2. The molecule has 0 amide bonds. The molecule has 2 unspecified atom stereocenters. The quantitative estimate of drug-likeness (QED) is 0.690. The Hall–Kier alpha value is -0.430. The van der Waals surface area contributed by atoms with Gasteiger partial charge in [0.05, 0.1) is 5.75 Å². The van der Waals surface area contributed by atoms with Crippen LogP contribution in [0.4, 0.5) is 0 Å². The van der Waals surface area contributed by atoms with Gasteiger partial charge >= 0.3 is 5.97 Å². The zero-order chi connectivity index (χ0) is 12.8. The fourth-order valence-electron chi connectivity index (χ4n) is 1.18. The second kappa shape index (κ2) is 7.01. The van der Waals surface area contributed by atoms with Gasteiger partial charge in [-0.25, -0.2) is 8.42 Å². The summed E-state index contributed by atoms with van der Waals surface area (Å²) in [5.74, 6) is -0.912. The van der Waals surface area contributed by atoms with Crippen molar-refractivity contribution in [2.45, 2.75) is 31.9 Å². The maximum atomic E-state index is 11.5. The molecule has 0 saturated heterocycles. The van der Waals surface area contributed by atoms with E-state index in [1.165, 1.54) is 0 Å². The lowest BCUT2D eigenvalue weighted by atomic mass is 10.3. The van der Waals surface area contributed by atoms with Crippen molar-refractivity contribution in [1.82, 2.24) is 0 Å². The third-order valence-corrected chi connectivity index (χ3v) is 5.86. The van der Waals surface area contributed by atoms with Crippen LogP contribution in [0, 0.1) is 0 Å². The van der Waals surface area contributed by atoms with Crippen LogP contribution >= 0.6 is 0 Å². The Kier molecular flexibility index (Phi) is 6.82. The minimum atomic E-state index is -3.05.